The maximum Gasteiger partial charge on any atom is 0.267 e. The Morgan fingerprint density at radius 3 is 2.63 bits per heavy atom. The molecule has 3 aromatic rings. The topological polar surface area (TPSA) is 104 Å². The predicted octanol–water partition coefficient (Wildman–Crippen LogP) is 1.09. The number of aromatic hydroxyl groups is 1. The molecule has 27 heavy (non-hydrogen) atoms. The van der Waals surface area contributed by atoms with Crippen molar-refractivity contribution in [2.75, 3.05) is 13.2 Å². The molecule has 3 N–H and O–H groups in total. The summed E-state index contributed by atoms with van der Waals surface area (Å²) in [4.78, 5) is 28.9. The van der Waals surface area contributed by atoms with Crippen molar-refractivity contribution in [2.24, 2.45) is 7.05 Å². The molecular formula is C19H18FN3O4. The summed E-state index contributed by atoms with van der Waals surface area (Å²) in [6, 6.07) is 7.74. The molecule has 0 fully saturated rings. The van der Waals surface area contributed by atoms with Crippen LogP contribution in [0.1, 0.15) is 21.5 Å². The highest BCUT2D eigenvalue weighted by Crippen LogP contribution is 2.25. The van der Waals surface area contributed by atoms with Gasteiger partial charge in [-0.2, -0.15) is 0 Å². The van der Waals surface area contributed by atoms with Crippen molar-refractivity contribution in [2.45, 2.75) is 6.42 Å². The van der Waals surface area contributed by atoms with Crippen molar-refractivity contribution in [3.8, 4) is 5.75 Å². The van der Waals surface area contributed by atoms with Crippen LogP contribution in [0.4, 0.5) is 4.39 Å². The summed E-state index contributed by atoms with van der Waals surface area (Å²) in [5.74, 6) is -1.60. The van der Waals surface area contributed by atoms with E-state index in [2.05, 4.69) is 10.3 Å². The molecule has 0 radical (unpaired) electrons. The monoisotopic (exact) mass is 371 g/mol. The molecule has 0 aliphatic rings. The molecule has 0 aliphatic carbocycles. The maximum atomic E-state index is 13.0. The second-order valence-corrected chi connectivity index (χ2v) is 6.08. The number of carbonyl (C=O) groups excluding carboxylic acids is 1. The van der Waals surface area contributed by atoms with Gasteiger partial charge in [-0.1, -0.05) is 12.1 Å². The SMILES string of the molecule is Cn1c(=O)c(C(=O)NCCO)c(O)c2ncc(Cc3ccc(F)cc3)cc21. The summed E-state index contributed by atoms with van der Waals surface area (Å²) in [6.45, 7) is -0.325. The van der Waals surface area contributed by atoms with Gasteiger partial charge in [0, 0.05) is 19.8 Å². The fourth-order valence-electron chi connectivity index (χ4n) is 2.83. The van der Waals surface area contributed by atoms with Crippen molar-refractivity contribution >= 4 is 16.9 Å². The molecule has 3 rings (SSSR count). The lowest BCUT2D eigenvalue weighted by molar-refractivity contribution is 0.0940. The predicted molar refractivity (Wildman–Crippen MR) is 97.3 cm³/mol. The van der Waals surface area contributed by atoms with Gasteiger partial charge in [0.15, 0.2) is 5.75 Å². The second kappa shape index (κ2) is 7.55. The Labute approximate surface area is 153 Å². The average molecular weight is 371 g/mol. The molecule has 0 unspecified atom stereocenters. The molecular weight excluding hydrogens is 353 g/mol. The molecule has 1 aromatic carbocycles. The molecule has 0 spiro atoms. The van der Waals surface area contributed by atoms with Gasteiger partial charge in [0.1, 0.15) is 16.9 Å². The number of nitrogens with one attached hydrogen (secondary N) is 1. The van der Waals surface area contributed by atoms with Gasteiger partial charge in [-0.3, -0.25) is 14.6 Å². The second-order valence-electron chi connectivity index (χ2n) is 6.08. The smallest absolute Gasteiger partial charge is 0.267 e. The van der Waals surface area contributed by atoms with Crippen LogP contribution in [0.5, 0.6) is 5.75 Å². The number of rotatable bonds is 5. The lowest BCUT2D eigenvalue weighted by atomic mass is 10.1. The molecule has 8 heteroatoms. The number of aryl methyl sites for hydroxylation is 1. The number of hydrogen-bond donors (Lipinski definition) is 3. The molecule has 0 saturated carbocycles. The third-order valence-electron chi connectivity index (χ3n) is 4.21. The van der Waals surface area contributed by atoms with Gasteiger partial charge in [0.2, 0.25) is 0 Å². The van der Waals surface area contributed by atoms with E-state index in [1.807, 2.05) is 0 Å². The number of aliphatic hydroxyl groups is 1. The number of aromatic nitrogens is 2. The lowest BCUT2D eigenvalue weighted by Crippen LogP contribution is -2.34. The zero-order valence-corrected chi connectivity index (χ0v) is 14.6. The van der Waals surface area contributed by atoms with E-state index >= 15 is 0 Å². The zero-order valence-electron chi connectivity index (χ0n) is 14.6. The third-order valence-corrected chi connectivity index (χ3v) is 4.21. The van der Waals surface area contributed by atoms with Gasteiger partial charge in [-0.15, -0.1) is 0 Å². The van der Waals surface area contributed by atoms with Crippen LogP contribution in [-0.4, -0.2) is 38.8 Å². The van der Waals surface area contributed by atoms with Crippen molar-refractivity contribution < 1.29 is 19.4 Å². The highest BCUT2D eigenvalue weighted by molar-refractivity contribution is 6.01. The largest absolute Gasteiger partial charge is 0.505 e. The van der Waals surface area contributed by atoms with E-state index in [1.54, 1.807) is 18.2 Å². The minimum atomic E-state index is -0.777. The number of pyridine rings is 2. The first-order chi connectivity index (χ1) is 12.9. The van der Waals surface area contributed by atoms with Crippen molar-refractivity contribution in [1.29, 1.82) is 0 Å². The number of aliphatic hydroxyl groups excluding tert-OH is 1. The molecule has 2 aromatic heterocycles. The van der Waals surface area contributed by atoms with Crippen molar-refractivity contribution in [3.05, 3.63) is 69.4 Å². The molecule has 0 bridgehead atoms. The van der Waals surface area contributed by atoms with E-state index in [0.717, 1.165) is 11.1 Å². The van der Waals surface area contributed by atoms with Gasteiger partial charge in [0.25, 0.3) is 11.5 Å². The van der Waals surface area contributed by atoms with Crippen LogP contribution in [0.2, 0.25) is 0 Å². The van der Waals surface area contributed by atoms with Crippen LogP contribution in [0.25, 0.3) is 11.0 Å². The van der Waals surface area contributed by atoms with Crippen LogP contribution in [-0.2, 0) is 13.5 Å². The first kappa shape index (κ1) is 18.5. The summed E-state index contributed by atoms with van der Waals surface area (Å²) in [5.41, 5.74) is 1.03. The quantitative estimate of drug-likeness (QED) is 0.623. The van der Waals surface area contributed by atoms with E-state index in [9.17, 15) is 19.1 Å². The summed E-state index contributed by atoms with van der Waals surface area (Å²) >= 11 is 0. The average Bonchev–Trinajstić information content (AvgIpc) is 2.66. The van der Waals surface area contributed by atoms with Gasteiger partial charge in [-0.05, 0) is 35.7 Å². The first-order valence-electron chi connectivity index (χ1n) is 8.26. The third kappa shape index (κ3) is 3.65. The van der Waals surface area contributed by atoms with E-state index in [1.165, 1.54) is 29.9 Å². The van der Waals surface area contributed by atoms with Crippen LogP contribution in [0, 0.1) is 5.82 Å². The number of halogens is 1. The highest BCUT2D eigenvalue weighted by atomic mass is 19.1. The Balaban J connectivity index is 2.05. The normalized spacial score (nSPS) is 10.9. The van der Waals surface area contributed by atoms with Gasteiger partial charge < -0.3 is 20.1 Å². The van der Waals surface area contributed by atoms with Crippen LogP contribution >= 0.6 is 0 Å². The minimum absolute atomic E-state index is 0.0382. The number of nitrogens with zero attached hydrogens (tertiary/aromatic N) is 2. The summed E-state index contributed by atoms with van der Waals surface area (Å²) < 4.78 is 14.3. The zero-order chi connectivity index (χ0) is 19.6. The minimum Gasteiger partial charge on any atom is -0.505 e. The van der Waals surface area contributed by atoms with Crippen LogP contribution < -0.4 is 10.9 Å². The molecule has 140 valence electrons. The summed E-state index contributed by atoms with van der Waals surface area (Å²) in [6.07, 6.45) is 2.00. The van der Waals surface area contributed by atoms with E-state index in [-0.39, 0.29) is 24.5 Å². The number of benzene rings is 1. The molecule has 0 aliphatic heterocycles. The Morgan fingerprint density at radius 2 is 1.96 bits per heavy atom. The lowest BCUT2D eigenvalue weighted by Gasteiger charge is -2.12. The number of carbonyl (C=O) groups is 1. The standard InChI is InChI=1S/C19H18FN3O4/c1-23-14-9-12(8-11-2-4-13(20)5-3-11)10-22-16(14)17(25)15(19(23)27)18(26)21-6-7-24/h2-5,9-10,24-25H,6-8H2,1H3,(H,21,26). The van der Waals surface area contributed by atoms with Crippen LogP contribution in [0.3, 0.4) is 0 Å². The molecule has 1 amide bonds. The number of hydrogen-bond acceptors (Lipinski definition) is 5. The van der Waals surface area contributed by atoms with E-state index < -0.39 is 22.8 Å². The fourth-order valence-corrected chi connectivity index (χ4v) is 2.83. The Bertz CT molecular complexity index is 1060. The van der Waals surface area contributed by atoms with Crippen LogP contribution in [0.15, 0.2) is 41.3 Å². The molecule has 2 heterocycles. The van der Waals surface area contributed by atoms with Gasteiger partial charge >= 0.3 is 0 Å². The van der Waals surface area contributed by atoms with Gasteiger partial charge in [-0.25, -0.2) is 4.39 Å². The Kier molecular flexibility index (Phi) is 5.18. The van der Waals surface area contributed by atoms with Gasteiger partial charge in [0.05, 0.1) is 12.1 Å². The first-order valence-corrected chi connectivity index (χ1v) is 8.26. The molecule has 7 nitrogen and oxygen atoms in total. The Morgan fingerprint density at radius 1 is 1.26 bits per heavy atom. The number of fused-ring (bicyclic) bond motifs is 1. The molecule has 0 atom stereocenters. The van der Waals surface area contributed by atoms with Crippen molar-refractivity contribution in [1.82, 2.24) is 14.9 Å². The van der Waals surface area contributed by atoms with Crippen molar-refractivity contribution in [3.63, 3.8) is 0 Å². The summed E-state index contributed by atoms with van der Waals surface area (Å²) in [7, 11) is 1.48. The van der Waals surface area contributed by atoms with E-state index in [0.29, 0.717) is 11.9 Å². The number of amides is 1. The highest BCUT2D eigenvalue weighted by Gasteiger charge is 2.21. The van der Waals surface area contributed by atoms with E-state index in [4.69, 9.17) is 5.11 Å². The molecule has 0 saturated heterocycles. The summed E-state index contributed by atoms with van der Waals surface area (Å²) in [5, 5.41) is 21.5. The fraction of sp³-hybridized carbons (Fsp3) is 0.211. The maximum absolute atomic E-state index is 13.0. The Hall–Kier alpha value is -3.26.